The van der Waals surface area contributed by atoms with E-state index < -0.39 is 17.5 Å². The number of aliphatic hydroxyl groups excluding tert-OH is 1. The molecule has 0 spiro atoms. The predicted molar refractivity (Wildman–Crippen MR) is 56.1 cm³/mol. The predicted octanol–water partition coefficient (Wildman–Crippen LogP) is -0.547. The van der Waals surface area contributed by atoms with Gasteiger partial charge in [0.05, 0.1) is 12.7 Å². The number of aliphatic hydroxyl groups is 1. The molecule has 1 saturated heterocycles. The third-order valence-corrected chi connectivity index (χ3v) is 2.78. The molecule has 6 heteroatoms. The highest BCUT2D eigenvalue weighted by molar-refractivity contribution is 4.87. The molecule has 0 amide bonds. The number of nitrogens with zero attached hydrogens (tertiary/aromatic N) is 1. The van der Waals surface area contributed by atoms with Gasteiger partial charge in [0.15, 0.2) is 0 Å². The molecule has 1 aromatic heterocycles. The molecule has 1 fully saturated rings. The number of rotatable bonds is 2. The van der Waals surface area contributed by atoms with Gasteiger partial charge in [0.25, 0.3) is 5.56 Å². The maximum absolute atomic E-state index is 11.5. The number of ether oxygens (including phenoxy) is 1. The van der Waals surface area contributed by atoms with E-state index in [1.54, 1.807) is 0 Å². The van der Waals surface area contributed by atoms with Crippen molar-refractivity contribution in [3.05, 3.63) is 33.1 Å². The molecule has 88 valence electrons. The van der Waals surface area contributed by atoms with Gasteiger partial charge >= 0.3 is 5.69 Å². The third-order valence-electron chi connectivity index (χ3n) is 2.78. The van der Waals surface area contributed by atoms with Crippen LogP contribution in [-0.2, 0) is 4.74 Å². The van der Waals surface area contributed by atoms with Crippen molar-refractivity contribution in [1.82, 2.24) is 9.55 Å². The molecule has 1 aliphatic rings. The Labute approximate surface area is 91.5 Å². The lowest BCUT2D eigenvalue weighted by molar-refractivity contribution is -0.0336. The molecular formula is C10H14N2O4. The summed E-state index contributed by atoms with van der Waals surface area (Å²) in [7, 11) is 0. The monoisotopic (exact) mass is 226 g/mol. The van der Waals surface area contributed by atoms with E-state index in [1.165, 1.54) is 16.8 Å². The summed E-state index contributed by atoms with van der Waals surface area (Å²) in [5.74, 6) is 0.126. The fourth-order valence-corrected chi connectivity index (χ4v) is 2.00. The summed E-state index contributed by atoms with van der Waals surface area (Å²) in [5, 5.41) is 8.99. The van der Waals surface area contributed by atoms with Gasteiger partial charge in [0.2, 0.25) is 0 Å². The van der Waals surface area contributed by atoms with Gasteiger partial charge in [-0.3, -0.25) is 14.3 Å². The van der Waals surface area contributed by atoms with Gasteiger partial charge in [-0.15, -0.1) is 0 Å². The zero-order valence-electron chi connectivity index (χ0n) is 8.92. The summed E-state index contributed by atoms with van der Waals surface area (Å²) in [4.78, 5) is 24.6. The quantitative estimate of drug-likeness (QED) is 0.708. The van der Waals surface area contributed by atoms with Crippen LogP contribution in [0.25, 0.3) is 0 Å². The van der Waals surface area contributed by atoms with E-state index in [1.807, 2.05) is 6.92 Å². The van der Waals surface area contributed by atoms with Crippen molar-refractivity contribution in [1.29, 1.82) is 0 Å². The van der Waals surface area contributed by atoms with E-state index in [-0.39, 0.29) is 18.6 Å². The molecule has 2 N–H and O–H groups in total. The van der Waals surface area contributed by atoms with E-state index in [0.717, 1.165) is 0 Å². The van der Waals surface area contributed by atoms with Crippen molar-refractivity contribution in [2.75, 3.05) is 6.61 Å². The second-order valence-electron chi connectivity index (χ2n) is 4.06. The van der Waals surface area contributed by atoms with Crippen LogP contribution >= 0.6 is 0 Å². The lowest BCUT2D eigenvalue weighted by Crippen LogP contribution is -2.33. The maximum atomic E-state index is 11.5. The van der Waals surface area contributed by atoms with Crippen molar-refractivity contribution in [2.45, 2.75) is 25.7 Å². The van der Waals surface area contributed by atoms with Crippen molar-refractivity contribution in [2.24, 2.45) is 5.92 Å². The Morgan fingerprint density at radius 3 is 2.94 bits per heavy atom. The van der Waals surface area contributed by atoms with Gasteiger partial charge in [-0.1, -0.05) is 6.92 Å². The second kappa shape index (κ2) is 4.23. The highest BCUT2D eigenvalue weighted by Crippen LogP contribution is 2.32. The van der Waals surface area contributed by atoms with E-state index in [9.17, 15) is 9.59 Å². The van der Waals surface area contributed by atoms with Crippen LogP contribution in [0.15, 0.2) is 21.9 Å². The van der Waals surface area contributed by atoms with Crippen LogP contribution in [-0.4, -0.2) is 27.4 Å². The zero-order valence-corrected chi connectivity index (χ0v) is 8.92. The first kappa shape index (κ1) is 11.1. The molecule has 6 nitrogen and oxygen atoms in total. The highest BCUT2D eigenvalue weighted by atomic mass is 16.5. The second-order valence-corrected chi connectivity index (χ2v) is 4.06. The van der Waals surface area contributed by atoms with Crippen LogP contribution in [0, 0.1) is 5.92 Å². The Hall–Kier alpha value is -1.40. The van der Waals surface area contributed by atoms with Gasteiger partial charge in [-0.05, 0) is 6.42 Å². The Balaban J connectivity index is 2.31. The van der Waals surface area contributed by atoms with E-state index in [2.05, 4.69) is 4.98 Å². The topological polar surface area (TPSA) is 84.3 Å². The molecule has 0 aromatic carbocycles. The first-order valence-corrected chi connectivity index (χ1v) is 5.19. The standard InChI is InChI=1S/C10H14N2O4/c1-6-4-7(5-13)16-9(6)12-3-2-8(14)11-10(12)15/h2-3,6-7,9,13H,4-5H2,1H3,(H,11,14,15)/t6-,7-,9+/m0/s1. The van der Waals surface area contributed by atoms with Crippen LogP contribution in [0.3, 0.4) is 0 Å². The van der Waals surface area contributed by atoms with Crippen LogP contribution in [0.5, 0.6) is 0 Å². The average Bonchev–Trinajstić information content (AvgIpc) is 2.60. The van der Waals surface area contributed by atoms with Crippen molar-refractivity contribution < 1.29 is 9.84 Å². The average molecular weight is 226 g/mol. The minimum Gasteiger partial charge on any atom is -0.394 e. The van der Waals surface area contributed by atoms with Gasteiger partial charge in [0, 0.05) is 18.2 Å². The fraction of sp³-hybridized carbons (Fsp3) is 0.600. The number of hydrogen-bond acceptors (Lipinski definition) is 4. The minimum absolute atomic E-state index is 0.0566. The summed E-state index contributed by atoms with van der Waals surface area (Å²) in [5.41, 5.74) is -0.909. The molecular weight excluding hydrogens is 212 g/mol. The van der Waals surface area contributed by atoms with Gasteiger partial charge in [-0.25, -0.2) is 4.79 Å². The summed E-state index contributed by atoms with van der Waals surface area (Å²) in [6, 6.07) is 1.28. The maximum Gasteiger partial charge on any atom is 0.330 e. The molecule has 0 aliphatic carbocycles. The number of hydrogen-bond donors (Lipinski definition) is 2. The molecule has 0 saturated carbocycles. The molecule has 0 bridgehead atoms. The zero-order chi connectivity index (χ0) is 11.7. The van der Waals surface area contributed by atoms with Crippen molar-refractivity contribution in [3.63, 3.8) is 0 Å². The van der Waals surface area contributed by atoms with Crippen LogP contribution in [0.4, 0.5) is 0 Å². The Morgan fingerprint density at radius 1 is 1.62 bits per heavy atom. The van der Waals surface area contributed by atoms with Crippen LogP contribution in [0.1, 0.15) is 19.6 Å². The van der Waals surface area contributed by atoms with Crippen molar-refractivity contribution in [3.8, 4) is 0 Å². The van der Waals surface area contributed by atoms with Gasteiger partial charge < -0.3 is 9.84 Å². The molecule has 2 heterocycles. The summed E-state index contributed by atoms with van der Waals surface area (Å²) in [6.07, 6.45) is 1.47. The largest absolute Gasteiger partial charge is 0.394 e. The van der Waals surface area contributed by atoms with Gasteiger partial charge in [-0.2, -0.15) is 0 Å². The molecule has 0 radical (unpaired) electrons. The molecule has 0 unspecified atom stereocenters. The first-order chi connectivity index (χ1) is 7.61. The smallest absolute Gasteiger partial charge is 0.330 e. The molecule has 2 rings (SSSR count). The number of H-pyrrole nitrogens is 1. The van der Waals surface area contributed by atoms with Crippen molar-refractivity contribution >= 4 is 0 Å². The third kappa shape index (κ3) is 1.94. The Kier molecular flexibility index (Phi) is 2.93. The SMILES string of the molecule is C[C@H]1C[C@@H](CO)O[C@H]1n1ccc(=O)[nH]c1=O. The Bertz CT molecular complexity index is 478. The summed E-state index contributed by atoms with van der Waals surface area (Å²) in [6.45, 7) is 1.89. The van der Waals surface area contributed by atoms with E-state index in [4.69, 9.17) is 9.84 Å². The van der Waals surface area contributed by atoms with E-state index in [0.29, 0.717) is 6.42 Å². The van der Waals surface area contributed by atoms with Crippen LogP contribution < -0.4 is 11.2 Å². The highest BCUT2D eigenvalue weighted by Gasteiger charge is 2.33. The minimum atomic E-state index is -0.483. The normalized spacial score (nSPS) is 29.5. The molecule has 3 atom stereocenters. The Morgan fingerprint density at radius 2 is 2.38 bits per heavy atom. The molecule has 16 heavy (non-hydrogen) atoms. The van der Waals surface area contributed by atoms with Crippen LogP contribution in [0.2, 0.25) is 0 Å². The number of nitrogens with one attached hydrogen (secondary N) is 1. The number of aromatic amines is 1. The summed E-state index contributed by atoms with van der Waals surface area (Å²) < 4.78 is 6.87. The number of aromatic nitrogens is 2. The summed E-state index contributed by atoms with van der Waals surface area (Å²) >= 11 is 0. The first-order valence-electron chi connectivity index (χ1n) is 5.19. The molecule has 1 aromatic rings. The van der Waals surface area contributed by atoms with E-state index >= 15 is 0 Å². The lowest BCUT2D eigenvalue weighted by atomic mass is 10.1. The lowest BCUT2D eigenvalue weighted by Gasteiger charge is -2.17. The fourth-order valence-electron chi connectivity index (χ4n) is 2.00. The molecule has 1 aliphatic heterocycles. The van der Waals surface area contributed by atoms with Gasteiger partial charge in [0.1, 0.15) is 6.23 Å².